The van der Waals surface area contributed by atoms with Gasteiger partial charge in [-0.25, -0.2) is 5.84 Å². The average molecular weight is 255 g/mol. The lowest BCUT2D eigenvalue weighted by Crippen LogP contribution is -2.41. The Bertz CT molecular complexity index is 463. The Kier molecular flexibility index (Phi) is 3.48. The van der Waals surface area contributed by atoms with Crippen molar-refractivity contribution in [3.05, 3.63) is 41.1 Å². The number of hydrogen-bond donors (Lipinski definition) is 3. The second-order valence-electron chi connectivity index (χ2n) is 3.39. The van der Waals surface area contributed by atoms with E-state index in [1.807, 2.05) is 17.6 Å². The minimum absolute atomic E-state index is 0.0561. The number of carbonyl (C=O) groups is 1. The molecule has 0 saturated carbocycles. The van der Waals surface area contributed by atoms with E-state index in [1.54, 1.807) is 18.3 Å². The molecule has 0 radical (unpaired) electrons. The molecule has 7 heteroatoms. The third-order valence-electron chi connectivity index (χ3n) is 2.13. The molecule has 1 aromatic rings. The van der Waals surface area contributed by atoms with E-state index < -0.39 is 0 Å². The lowest BCUT2D eigenvalue weighted by Gasteiger charge is -2.11. The number of rotatable bonds is 3. The summed E-state index contributed by atoms with van der Waals surface area (Å²) in [5.74, 6) is 5.23. The molecular formula is C10H11ClN4O2. The summed E-state index contributed by atoms with van der Waals surface area (Å²) in [6.07, 6.45) is 1.65. The van der Waals surface area contributed by atoms with Crippen molar-refractivity contribution in [1.29, 1.82) is 0 Å². The van der Waals surface area contributed by atoms with Gasteiger partial charge in [0.1, 0.15) is 6.54 Å². The van der Waals surface area contributed by atoms with Gasteiger partial charge in [0, 0.05) is 10.6 Å². The first-order valence-electron chi connectivity index (χ1n) is 4.85. The summed E-state index contributed by atoms with van der Waals surface area (Å²) in [5, 5.41) is 2.09. The van der Waals surface area contributed by atoms with Crippen molar-refractivity contribution >= 4 is 23.3 Å². The fourth-order valence-corrected chi connectivity index (χ4v) is 1.55. The Morgan fingerprint density at radius 1 is 1.59 bits per heavy atom. The summed E-state index contributed by atoms with van der Waals surface area (Å²) in [6, 6.07) is 7.21. The SMILES string of the molecule is NNC(=O)CN1C=C(c2cccc(Cl)c2)ON1. The van der Waals surface area contributed by atoms with Gasteiger partial charge in [-0.1, -0.05) is 29.3 Å². The van der Waals surface area contributed by atoms with Crippen molar-refractivity contribution in [1.82, 2.24) is 16.0 Å². The highest BCUT2D eigenvalue weighted by molar-refractivity contribution is 6.30. The van der Waals surface area contributed by atoms with Crippen LogP contribution in [0.1, 0.15) is 5.56 Å². The molecule has 0 fully saturated rings. The van der Waals surface area contributed by atoms with Gasteiger partial charge in [0.25, 0.3) is 5.91 Å². The fourth-order valence-electron chi connectivity index (χ4n) is 1.36. The molecule has 0 unspecified atom stereocenters. The Labute approximate surface area is 103 Å². The standard InChI is InChI=1S/C10H11ClN4O2/c11-8-3-1-2-7(4-8)9-5-15(14-17-9)6-10(16)13-12/h1-5,14H,6,12H2,(H,13,16). The fraction of sp³-hybridized carbons (Fsp3) is 0.100. The zero-order chi connectivity index (χ0) is 12.3. The molecule has 1 heterocycles. The van der Waals surface area contributed by atoms with Gasteiger partial charge in [-0.3, -0.25) is 15.2 Å². The van der Waals surface area contributed by atoms with E-state index in [0.717, 1.165) is 5.56 Å². The van der Waals surface area contributed by atoms with E-state index in [-0.39, 0.29) is 12.5 Å². The highest BCUT2D eigenvalue weighted by Gasteiger charge is 2.17. The van der Waals surface area contributed by atoms with Crippen molar-refractivity contribution in [2.45, 2.75) is 0 Å². The Morgan fingerprint density at radius 3 is 3.12 bits per heavy atom. The van der Waals surface area contributed by atoms with Gasteiger partial charge in [0.2, 0.25) is 0 Å². The number of hydrogen-bond acceptors (Lipinski definition) is 5. The van der Waals surface area contributed by atoms with Crippen LogP contribution in [0.4, 0.5) is 0 Å². The van der Waals surface area contributed by atoms with E-state index in [9.17, 15) is 4.79 Å². The summed E-state index contributed by atoms with van der Waals surface area (Å²) in [4.78, 5) is 16.3. The topological polar surface area (TPSA) is 79.6 Å². The van der Waals surface area contributed by atoms with Crippen molar-refractivity contribution in [2.24, 2.45) is 5.84 Å². The number of amides is 1. The van der Waals surface area contributed by atoms with Gasteiger partial charge in [-0.15, -0.1) is 0 Å². The molecule has 0 aromatic heterocycles. The smallest absolute Gasteiger partial charge is 0.255 e. The van der Waals surface area contributed by atoms with Gasteiger partial charge in [-0.2, -0.15) is 0 Å². The summed E-state index contributed by atoms with van der Waals surface area (Å²) in [7, 11) is 0. The van der Waals surface area contributed by atoms with Gasteiger partial charge >= 0.3 is 0 Å². The Balaban J connectivity index is 2.09. The average Bonchev–Trinajstić information content (AvgIpc) is 2.77. The summed E-state index contributed by atoms with van der Waals surface area (Å²) in [6.45, 7) is 0.0561. The molecule has 6 nitrogen and oxygen atoms in total. The van der Waals surface area contributed by atoms with E-state index in [1.165, 1.54) is 5.01 Å². The monoisotopic (exact) mass is 254 g/mol. The predicted molar refractivity (Wildman–Crippen MR) is 62.7 cm³/mol. The largest absolute Gasteiger partial charge is 0.387 e. The van der Waals surface area contributed by atoms with Gasteiger partial charge in [0.05, 0.1) is 6.20 Å². The number of nitrogens with two attached hydrogens (primary N) is 1. The van der Waals surface area contributed by atoms with Crippen molar-refractivity contribution in [3.63, 3.8) is 0 Å². The minimum Gasteiger partial charge on any atom is -0.387 e. The number of hydrazine groups is 2. The predicted octanol–water partition coefficient (Wildman–Crippen LogP) is 0.380. The van der Waals surface area contributed by atoms with Crippen molar-refractivity contribution in [3.8, 4) is 0 Å². The molecule has 1 aliphatic rings. The molecule has 0 saturated heterocycles. The highest BCUT2D eigenvalue weighted by atomic mass is 35.5. The zero-order valence-electron chi connectivity index (χ0n) is 8.81. The van der Waals surface area contributed by atoms with Crippen molar-refractivity contribution < 1.29 is 9.63 Å². The first-order chi connectivity index (χ1) is 8.19. The van der Waals surface area contributed by atoms with Crippen molar-refractivity contribution in [2.75, 3.05) is 6.54 Å². The minimum atomic E-state index is -0.329. The summed E-state index contributed by atoms with van der Waals surface area (Å²) < 4.78 is 0. The first kappa shape index (κ1) is 11.7. The second kappa shape index (κ2) is 5.05. The van der Waals surface area contributed by atoms with E-state index in [4.69, 9.17) is 22.3 Å². The maximum atomic E-state index is 11.0. The van der Waals surface area contributed by atoms with Gasteiger partial charge in [0.15, 0.2) is 5.76 Å². The molecule has 1 amide bonds. The third kappa shape index (κ3) is 2.88. The van der Waals surface area contributed by atoms with Crippen LogP contribution >= 0.6 is 11.6 Å². The number of halogens is 1. The van der Waals surface area contributed by atoms with Crippen LogP contribution in [0.5, 0.6) is 0 Å². The van der Waals surface area contributed by atoms with Crippen LogP contribution in [0.3, 0.4) is 0 Å². The first-order valence-corrected chi connectivity index (χ1v) is 5.23. The van der Waals surface area contributed by atoms with Crippen LogP contribution in [-0.4, -0.2) is 17.5 Å². The van der Waals surface area contributed by atoms with E-state index in [0.29, 0.717) is 10.8 Å². The Morgan fingerprint density at radius 2 is 2.41 bits per heavy atom. The second-order valence-corrected chi connectivity index (χ2v) is 3.83. The molecule has 1 aliphatic heterocycles. The molecule has 0 bridgehead atoms. The van der Waals surface area contributed by atoms with Crippen LogP contribution < -0.4 is 16.9 Å². The van der Waals surface area contributed by atoms with Crippen LogP contribution in [0.2, 0.25) is 5.02 Å². The molecule has 4 N–H and O–H groups in total. The third-order valence-corrected chi connectivity index (χ3v) is 2.37. The van der Waals surface area contributed by atoms with E-state index in [2.05, 4.69) is 5.59 Å². The van der Waals surface area contributed by atoms with Gasteiger partial charge < -0.3 is 4.84 Å². The lowest BCUT2D eigenvalue weighted by atomic mass is 10.2. The molecule has 0 spiro atoms. The molecule has 1 aromatic carbocycles. The number of benzene rings is 1. The maximum absolute atomic E-state index is 11.0. The number of nitrogens with zero attached hydrogens (tertiary/aromatic N) is 1. The molecule has 0 aliphatic carbocycles. The normalized spacial score (nSPS) is 14.2. The lowest BCUT2D eigenvalue weighted by molar-refractivity contribution is -0.123. The molecular weight excluding hydrogens is 244 g/mol. The van der Waals surface area contributed by atoms with Crippen LogP contribution in [-0.2, 0) is 9.63 Å². The zero-order valence-corrected chi connectivity index (χ0v) is 9.57. The highest BCUT2D eigenvalue weighted by Crippen LogP contribution is 2.22. The van der Waals surface area contributed by atoms with E-state index >= 15 is 0 Å². The molecule has 17 heavy (non-hydrogen) atoms. The molecule has 0 atom stereocenters. The van der Waals surface area contributed by atoms with Crippen LogP contribution in [0.15, 0.2) is 30.5 Å². The quantitative estimate of drug-likeness (QED) is 0.413. The van der Waals surface area contributed by atoms with Gasteiger partial charge in [-0.05, 0) is 12.1 Å². The van der Waals surface area contributed by atoms with Crippen LogP contribution in [0.25, 0.3) is 5.76 Å². The Hall–Kier alpha value is -1.76. The maximum Gasteiger partial charge on any atom is 0.255 e. The molecule has 90 valence electrons. The number of carbonyl (C=O) groups excluding carboxylic acids is 1. The van der Waals surface area contributed by atoms with Crippen LogP contribution in [0, 0.1) is 0 Å². The number of nitrogens with one attached hydrogen (secondary N) is 2. The summed E-state index contributed by atoms with van der Waals surface area (Å²) >= 11 is 5.87. The summed E-state index contributed by atoms with van der Waals surface area (Å²) in [5.41, 5.74) is 5.42. The molecule has 2 rings (SSSR count).